The fourth-order valence-electron chi connectivity index (χ4n) is 2.82. The third-order valence-corrected chi connectivity index (χ3v) is 3.75. The van der Waals surface area contributed by atoms with Gasteiger partial charge in [-0.25, -0.2) is 0 Å². The lowest BCUT2D eigenvalue weighted by Crippen LogP contribution is -2.34. The summed E-state index contributed by atoms with van der Waals surface area (Å²) in [6, 6.07) is 2.58. The number of ether oxygens (including phenoxy) is 1. The predicted molar refractivity (Wildman–Crippen MR) is 73.6 cm³/mol. The van der Waals surface area contributed by atoms with Gasteiger partial charge in [0.2, 0.25) is 0 Å². The lowest BCUT2D eigenvalue weighted by molar-refractivity contribution is 0.0391. The molecule has 1 aliphatic rings. The fraction of sp³-hybridized carbons (Fsp3) is 0.667. The van der Waals surface area contributed by atoms with E-state index in [1.54, 1.807) is 0 Å². The molecule has 1 fully saturated rings. The molecule has 0 aliphatic carbocycles. The molecular formula is C15H24N2O. The number of pyridine rings is 1. The molecule has 0 radical (unpaired) electrons. The topological polar surface area (TPSA) is 34.2 Å². The summed E-state index contributed by atoms with van der Waals surface area (Å²) >= 11 is 0. The number of rotatable bonds is 5. The van der Waals surface area contributed by atoms with E-state index in [0.29, 0.717) is 12.0 Å². The second kappa shape index (κ2) is 6.86. The number of hydrogen-bond acceptors (Lipinski definition) is 3. The summed E-state index contributed by atoms with van der Waals surface area (Å²) in [5, 5.41) is 3.64. The first kappa shape index (κ1) is 13.5. The largest absolute Gasteiger partial charge is 0.381 e. The number of nitrogens with one attached hydrogen (secondary N) is 1. The second-order valence-electron chi connectivity index (χ2n) is 4.94. The van der Waals surface area contributed by atoms with Crippen molar-refractivity contribution >= 4 is 0 Å². The third-order valence-electron chi connectivity index (χ3n) is 3.75. The van der Waals surface area contributed by atoms with Crippen molar-refractivity contribution in [2.24, 2.45) is 5.92 Å². The highest BCUT2D eigenvalue weighted by atomic mass is 16.5. The first-order chi connectivity index (χ1) is 8.86. The van der Waals surface area contributed by atoms with E-state index >= 15 is 0 Å². The Labute approximate surface area is 110 Å². The van der Waals surface area contributed by atoms with Crippen molar-refractivity contribution in [2.45, 2.75) is 39.2 Å². The summed E-state index contributed by atoms with van der Waals surface area (Å²) in [5.41, 5.74) is 2.76. The van der Waals surface area contributed by atoms with Crippen LogP contribution in [0.5, 0.6) is 0 Å². The van der Waals surface area contributed by atoms with Crippen molar-refractivity contribution in [1.82, 2.24) is 10.3 Å². The van der Waals surface area contributed by atoms with E-state index in [1.807, 2.05) is 12.4 Å². The van der Waals surface area contributed by atoms with Crippen molar-refractivity contribution in [2.75, 3.05) is 19.8 Å². The molecule has 1 aliphatic heterocycles. The summed E-state index contributed by atoms with van der Waals surface area (Å²) in [7, 11) is 0. The zero-order valence-electron chi connectivity index (χ0n) is 11.5. The highest BCUT2D eigenvalue weighted by molar-refractivity contribution is 5.27. The Hall–Kier alpha value is -0.930. The van der Waals surface area contributed by atoms with Gasteiger partial charge in [-0.05, 0) is 43.0 Å². The van der Waals surface area contributed by atoms with Gasteiger partial charge in [-0.3, -0.25) is 4.98 Å². The maximum absolute atomic E-state index is 5.65. The lowest BCUT2D eigenvalue weighted by atomic mass is 9.86. The molecule has 2 rings (SSSR count). The number of aromatic nitrogens is 1. The molecule has 2 atom stereocenters. The minimum atomic E-state index is 0.410. The molecule has 1 saturated heterocycles. The van der Waals surface area contributed by atoms with Crippen LogP contribution in [0.4, 0.5) is 0 Å². The molecule has 0 amide bonds. The van der Waals surface area contributed by atoms with Crippen LogP contribution in [0.25, 0.3) is 0 Å². The maximum Gasteiger partial charge on any atom is 0.0512 e. The van der Waals surface area contributed by atoms with Crippen LogP contribution < -0.4 is 5.32 Å². The molecule has 0 saturated carbocycles. The standard InChI is InChI=1S/C15H24N2O/c1-3-12-10-16-8-7-14(12)15(17-4-2)13-6-5-9-18-11-13/h7-8,10,13,15,17H,3-6,9,11H2,1-2H3. The van der Waals surface area contributed by atoms with E-state index in [-0.39, 0.29) is 0 Å². The first-order valence-electron chi connectivity index (χ1n) is 7.10. The summed E-state index contributed by atoms with van der Waals surface area (Å²) < 4.78 is 5.65. The minimum absolute atomic E-state index is 0.410. The van der Waals surface area contributed by atoms with Gasteiger partial charge in [-0.2, -0.15) is 0 Å². The van der Waals surface area contributed by atoms with Gasteiger partial charge in [0.1, 0.15) is 0 Å². The molecule has 3 heteroatoms. The van der Waals surface area contributed by atoms with Crippen LogP contribution in [-0.2, 0) is 11.2 Å². The average Bonchev–Trinajstić information content (AvgIpc) is 2.46. The van der Waals surface area contributed by atoms with Gasteiger partial charge in [-0.15, -0.1) is 0 Å². The van der Waals surface area contributed by atoms with E-state index in [0.717, 1.165) is 26.2 Å². The number of aryl methyl sites for hydroxylation is 1. The Bertz CT molecular complexity index is 361. The summed E-state index contributed by atoms with van der Waals surface area (Å²) in [5.74, 6) is 0.589. The van der Waals surface area contributed by atoms with Crippen LogP contribution in [0.1, 0.15) is 43.9 Å². The Morgan fingerprint density at radius 1 is 1.50 bits per heavy atom. The monoisotopic (exact) mass is 248 g/mol. The van der Waals surface area contributed by atoms with E-state index in [2.05, 4.69) is 30.2 Å². The lowest BCUT2D eigenvalue weighted by Gasteiger charge is -2.32. The van der Waals surface area contributed by atoms with E-state index in [4.69, 9.17) is 4.74 Å². The van der Waals surface area contributed by atoms with Crippen LogP contribution in [0, 0.1) is 5.92 Å². The molecule has 3 nitrogen and oxygen atoms in total. The molecule has 100 valence electrons. The Morgan fingerprint density at radius 2 is 2.39 bits per heavy atom. The van der Waals surface area contributed by atoms with Crippen LogP contribution in [0.2, 0.25) is 0 Å². The molecule has 1 N–H and O–H groups in total. The van der Waals surface area contributed by atoms with Gasteiger partial charge in [0, 0.05) is 31.0 Å². The molecule has 1 aromatic rings. The summed E-state index contributed by atoms with van der Waals surface area (Å²) in [4.78, 5) is 4.24. The molecule has 0 aromatic carbocycles. The summed E-state index contributed by atoms with van der Waals surface area (Å²) in [6.45, 7) is 7.16. The highest BCUT2D eigenvalue weighted by Gasteiger charge is 2.26. The minimum Gasteiger partial charge on any atom is -0.381 e. The van der Waals surface area contributed by atoms with Crippen LogP contribution in [-0.4, -0.2) is 24.7 Å². The van der Waals surface area contributed by atoms with Gasteiger partial charge in [0.15, 0.2) is 0 Å². The SMILES string of the molecule is CCNC(c1ccncc1CC)C1CCCOC1. The molecule has 1 aromatic heterocycles. The van der Waals surface area contributed by atoms with Crippen molar-refractivity contribution in [3.63, 3.8) is 0 Å². The van der Waals surface area contributed by atoms with E-state index < -0.39 is 0 Å². The quantitative estimate of drug-likeness (QED) is 0.870. The Morgan fingerprint density at radius 3 is 3.06 bits per heavy atom. The van der Waals surface area contributed by atoms with Crippen molar-refractivity contribution < 1.29 is 4.74 Å². The van der Waals surface area contributed by atoms with Gasteiger partial charge >= 0.3 is 0 Å². The van der Waals surface area contributed by atoms with Crippen LogP contribution in [0.3, 0.4) is 0 Å². The molecule has 2 heterocycles. The van der Waals surface area contributed by atoms with E-state index in [9.17, 15) is 0 Å². The van der Waals surface area contributed by atoms with Crippen LogP contribution in [0.15, 0.2) is 18.5 Å². The number of hydrogen-bond donors (Lipinski definition) is 1. The first-order valence-corrected chi connectivity index (χ1v) is 7.10. The van der Waals surface area contributed by atoms with Gasteiger partial charge in [0.25, 0.3) is 0 Å². The van der Waals surface area contributed by atoms with E-state index in [1.165, 1.54) is 24.0 Å². The van der Waals surface area contributed by atoms with Gasteiger partial charge in [0.05, 0.1) is 6.61 Å². The smallest absolute Gasteiger partial charge is 0.0512 e. The maximum atomic E-state index is 5.65. The average molecular weight is 248 g/mol. The number of nitrogens with zero attached hydrogens (tertiary/aromatic N) is 1. The molecule has 0 bridgehead atoms. The highest BCUT2D eigenvalue weighted by Crippen LogP contribution is 2.30. The Kier molecular flexibility index (Phi) is 5.14. The summed E-state index contributed by atoms with van der Waals surface area (Å²) in [6.07, 6.45) is 7.38. The molecule has 2 unspecified atom stereocenters. The van der Waals surface area contributed by atoms with Crippen molar-refractivity contribution in [3.05, 3.63) is 29.6 Å². The molecular weight excluding hydrogens is 224 g/mol. The fourth-order valence-corrected chi connectivity index (χ4v) is 2.82. The zero-order chi connectivity index (χ0) is 12.8. The molecule has 0 spiro atoms. The zero-order valence-corrected chi connectivity index (χ0v) is 11.5. The second-order valence-corrected chi connectivity index (χ2v) is 4.94. The predicted octanol–water partition coefficient (Wildman–Crippen LogP) is 2.72. The van der Waals surface area contributed by atoms with Crippen LogP contribution >= 0.6 is 0 Å². The third kappa shape index (κ3) is 3.09. The molecule has 18 heavy (non-hydrogen) atoms. The van der Waals surface area contributed by atoms with Crippen molar-refractivity contribution in [3.8, 4) is 0 Å². The normalized spacial score (nSPS) is 21.8. The van der Waals surface area contributed by atoms with Gasteiger partial charge < -0.3 is 10.1 Å². The van der Waals surface area contributed by atoms with Crippen molar-refractivity contribution in [1.29, 1.82) is 0 Å². The Balaban J connectivity index is 2.22. The van der Waals surface area contributed by atoms with Gasteiger partial charge in [-0.1, -0.05) is 13.8 Å².